The van der Waals surface area contributed by atoms with Crippen LogP contribution in [0.5, 0.6) is 0 Å². The van der Waals surface area contributed by atoms with Crippen molar-refractivity contribution in [1.82, 2.24) is 0 Å². The molecule has 0 atom stereocenters. The van der Waals surface area contributed by atoms with Gasteiger partial charge in [0.15, 0.2) is 14.6 Å². The molecule has 0 N–H and O–H groups in total. The Balaban J connectivity index is 2.13. The highest BCUT2D eigenvalue weighted by Crippen LogP contribution is 2.36. The lowest BCUT2D eigenvalue weighted by atomic mass is 9.96. The van der Waals surface area contributed by atoms with Crippen molar-refractivity contribution in [1.29, 1.82) is 0 Å². The molecular weight excluding hydrogens is 533 g/mol. The molecule has 2 saturated carbocycles. The lowest BCUT2D eigenvalue weighted by Crippen LogP contribution is -2.40. The van der Waals surface area contributed by atoms with Crippen molar-refractivity contribution in [3.63, 3.8) is 0 Å². The molecule has 242 valence electrons. The molecule has 0 bridgehead atoms. The quantitative estimate of drug-likeness (QED) is 0.0944. The van der Waals surface area contributed by atoms with Gasteiger partial charge in [-0.2, -0.15) is 0 Å². The maximum Gasteiger partial charge on any atom is 0.192 e. The SMILES string of the molecule is CC(C)=CCC/C(C)=C/CC/C(=C/CC/C(C)=C/CO[Si](C)(C)C(C)(C)C)C(OC1CCCCC1)OC1CCCCC1. The van der Waals surface area contributed by atoms with Crippen LogP contribution in [-0.4, -0.2) is 33.4 Å². The van der Waals surface area contributed by atoms with Gasteiger partial charge in [0.2, 0.25) is 0 Å². The number of hydrogen-bond donors (Lipinski definition) is 0. The highest BCUT2D eigenvalue weighted by Gasteiger charge is 2.36. The van der Waals surface area contributed by atoms with Crippen LogP contribution in [0.2, 0.25) is 18.1 Å². The van der Waals surface area contributed by atoms with Crippen LogP contribution in [0.1, 0.15) is 151 Å². The lowest BCUT2D eigenvalue weighted by molar-refractivity contribution is -0.185. The Morgan fingerprint density at radius 2 is 1.14 bits per heavy atom. The van der Waals surface area contributed by atoms with Crippen LogP contribution >= 0.6 is 0 Å². The fourth-order valence-electron chi connectivity index (χ4n) is 5.65. The predicted molar refractivity (Wildman–Crippen MR) is 186 cm³/mol. The Hall–Kier alpha value is -0.943. The molecule has 0 radical (unpaired) electrons. The van der Waals surface area contributed by atoms with Crippen LogP contribution in [0.4, 0.5) is 0 Å². The molecule has 0 aliphatic heterocycles. The fraction of sp³-hybridized carbons (Fsp3) is 0.789. The topological polar surface area (TPSA) is 27.7 Å². The summed E-state index contributed by atoms with van der Waals surface area (Å²) < 4.78 is 20.1. The van der Waals surface area contributed by atoms with E-state index in [1.807, 2.05) is 0 Å². The second-order valence-electron chi connectivity index (χ2n) is 15.0. The van der Waals surface area contributed by atoms with E-state index in [-0.39, 0.29) is 11.3 Å². The van der Waals surface area contributed by atoms with Crippen molar-refractivity contribution in [2.75, 3.05) is 6.61 Å². The van der Waals surface area contributed by atoms with Crippen LogP contribution in [-0.2, 0) is 13.9 Å². The standard InChI is InChI=1S/C38H68O3Si/c1-31(2)19-16-20-32(3)21-17-23-34(24-18-22-33(4)29-30-39-42(8,9)38(5,6)7)37(40-35-25-12-10-13-26-35)41-36-27-14-11-15-28-36/h19,21,24,29,35-37H,10-18,20,22-23,25-28,30H2,1-9H3/b32-21+,33-29+,34-24-. The summed E-state index contributed by atoms with van der Waals surface area (Å²) in [7, 11) is -1.72. The van der Waals surface area contributed by atoms with Gasteiger partial charge < -0.3 is 13.9 Å². The maximum absolute atomic E-state index is 6.85. The van der Waals surface area contributed by atoms with Crippen molar-refractivity contribution in [2.45, 2.75) is 188 Å². The molecule has 42 heavy (non-hydrogen) atoms. The van der Waals surface area contributed by atoms with E-state index in [1.54, 1.807) is 0 Å². The summed E-state index contributed by atoms with van der Waals surface area (Å²) in [6.07, 6.45) is 29.0. The zero-order valence-corrected chi connectivity index (χ0v) is 30.3. The predicted octanol–water partition coefficient (Wildman–Crippen LogP) is 12.2. The Bertz CT molecular complexity index is 853. The zero-order chi connectivity index (χ0) is 31.0. The molecule has 2 fully saturated rings. The molecule has 0 aromatic heterocycles. The lowest BCUT2D eigenvalue weighted by Gasteiger charge is -2.35. The average Bonchev–Trinajstić information content (AvgIpc) is 2.92. The molecule has 2 aliphatic rings. The number of hydrogen-bond acceptors (Lipinski definition) is 3. The first-order valence-electron chi connectivity index (χ1n) is 17.5. The zero-order valence-electron chi connectivity index (χ0n) is 29.3. The Morgan fingerprint density at radius 1 is 0.667 bits per heavy atom. The highest BCUT2D eigenvalue weighted by atomic mass is 28.4. The normalized spacial score (nSPS) is 19.0. The van der Waals surface area contributed by atoms with Gasteiger partial charge in [-0.15, -0.1) is 0 Å². The van der Waals surface area contributed by atoms with Gasteiger partial charge in [0.05, 0.1) is 18.8 Å². The minimum absolute atomic E-state index is 0.193. The molecule has 0 amide bonds. The van der Waals surface area contributed by atoms with E-state index in [0.29, 0.717) is 12.2 Å². The van der Waals surface area contributed by atoms with E-state index in [9.17, 15) is 0 Å². The first-order valence-corrected chi connectivity index (χ1v) is 20.4. The summed E-state index contributed by atoms with van der Waals surface area (Å²) >= 11 is 0. The molecule has 0 saturated heterocycles. The molecule has 3 nitrogen and oxygen atoms in total. The van der Waals surface area contributed by atoms with E-state index in [2.05, 4.69) is 85.9 Å². The van der Waals surface area contributed by atoms with Crippen molar-refractivity contribution in [3.05, 3.63) is 46.6 Å². The van der Waals surface area contributed by atoms with Crippen molar-refractivity contribution in [2.24, 2.45) is 0 Å². The van der Waals surface area contributed by atoms with Crippen LogP contribution in [0, 0.1) is 0 Å². The number of ether oxygens (including phenoxy) is 2. The third-order valence-electron chi connectivity index (χ3n) is 9.68. The van der Waals surface area contributed by atoms with Crippen LogP contribution in [0.3, 0.4) is 0 Å². The summed E-state index contributed by atoms with van der Waals surface area (Å²) in [5, 5.41) is 0.247. The monoisotopic (exact) mass is 600 g/mol. The Kier molecular flexibility index (Phi) is 17.2. The van der Waals surface area contributed by atoms with Crippen LogP contribution in [0.15, 0.2) is 46.6 Å². The molecule has 0 heterocycles. The van der Waals surface area contributed by atoms with Gasteiger partial charge >= 0.3 is 0 Å². The molecule has 0 unspecified atom stereocenters. The van der Waals surface area contributed by atoms with E-state index < -0.39 is 8.32 Å². The second kappa shape index (κ2) is 19.4. The molecule has 2 aliphatic carbocycles. The van der Waals surface area contributed by atoms with Crippen molar-refractivity contribution in [3.8, 4) is 0 Å². The third-order valence-corrected chi connectivity index (χ3v) is 14.2. The minimum Gasteiger partial charge on any atom is -0.413 e. The van der Waals surface area contributed by atoms with E-state index >= 15 is 0 Å². The van der Waals surface area contributed by atoms with Crippen molar-refractivity contribution < 1.29 is 13.9 Å². The van der Waals surface area contributed by atoms with Gasteiger partial charge in [-0.3, -0.25) is 0 Å². The molecule has 0 aromatic carbocycles. The van der Waals surface area contributed by atoms with Gasteiger partial charge in [0.25, 0.3) is 0 Å². The summed E-state index contributed by atoms with van der Waals surface area (Å²) in [6, 6.07) is 0. The molecule has 0 spiro atoms. The smallest absolute Gasteiger partial charge is 0.192 e. The van der Waals surface area contributed by atoms with Gasteiger partial charge in [0, 0.05) is 0 Å². The Morgan fingerprint density at radius 3 is 1.64 bits per heavy atom. The van der Waals surface area contributed by atoms with Gasteiger partial charge in [-0.1, -0.05) is 100 Å². The largest absolute Gasteiger partial charge is 0.413 e. The minimum atomic E-state index is -1.72. The molecular formula is C38H68O3Si. The summed E-state index contributed by atoms with van der Waals surface area (Å²) in [5.41, 5.74) is 5.68. The molecule has 4 heteroatoms. The fourth-order valence-corrected chi connectivity index (χ4v) is 6.58. The number of rotatable bonds is 17. The maximum atomic E-state index is 6.85. The summed E-state index contributed by atoms with van der Waals surface area (Å²) in [6.45, 7) is 21.2. The van der Waals surface area contributed by atoms with Crippen molar-refractivity contribution >= 4 is 8.32 Å². The molecule has 0 aromatic rings. The second-order valence-corrected chi connectivity index (χ2v) is 19.8. The van der Waals surface area contributed by atoms with E-state index in [1.165, 1.54) is 86.5 Å². The van der Waals surface area contributed by atoms with Crippen LogP contribution < -0.4 is 0 Å². The van der Waals surface area contributed by atoms with Crippen LogP contribution in [0.25, 0.3) is 0 Å². The summed E-state index contributed by atoms with van der Waals surface area (Å²) in [4.78, 5) is 0. The van der Waals surface area contributed by atoms with E-state index in [0.717, 1.165) is 45.1 Å². The first-order chi connectivity index (χ1) is 19.9. The average molecular weight is 601 g/mol. The van der Waals surface area contributed by atoms with E-state index in [4.69, 9.17) is 13.9 Å². The van der Waals surface area contributed by atoms with Gasteiger partial charge in [-0.25, -0.2) is 0 Å². The summed E-state index contributed by atoms with van der Waals surface area (Å²) in [5.74, 6) is 0. The number of allylic oxidation sites excluding steroid dienone is 6. The molecule has 2 rings (SSSR count). The Labute approximate surface area is 262 Å². The highest BCUT2D eigenvalue weighted by molar-refractivity contribution is 6.74. The third kappa shape index (κ3) is 15.2. The van der Waals surface area contributed by atoms with Gasteiger partial charge in [0.1, 0.15) is 0 Å². The first kappa shape index (κ1) is 37.2. The van der Waals surface area contributed by atoms with Gasteiger partial charge in [-0.05, 0) is 116 Å².